The Kier molecular flexibility index (Phi) is 7.00. The molecule has 0 N–H and O–H groups in total. The summed E-state index contributed by atoms with van der Waals surface area (Å²) >= 11 is 0. The summed E-state index contributed by atoms with van der Waals surface area (Å²) in [4.78, 5) is 5.07. The summed E-state index contributed by atoms with van der Waals surface area (Å²) in [5, 5.41) is 5.25. The molecule has 0 saturated heterocycles. The van der Waals surface area contributed by atoms with Crippen molar-refractivity contribution in [3.63, 3.8) is 0 Å². The van der Waals surface area contributed by atoms with Gasteiger partial charge in [0.05, 0.1) is 34.1 Å². The fraction of sp³-hybridized carbons (Fsp3) is 0.0968. The average molecular weight is 817 g/mol. The van der Waals surface area contributed by atoms with E-state index in [4.69, 9.17) is 0 Å². The van der Waals surface area contributed by atoms with E-state index in [2.05, 4.69) is 232 Å². The highest BCUT2D eigenvalue weighted by atomic mass is 15.2. The van der Waals surface area contributed by atoms with Crippen LogP contribution < -0.4 is 9.80 Å². The van der Waals surface area contributed by atoms with Crippen molar-refractivity contribution < 1.29 is 0 Å². The molecule has 10 aromatic rings. The van der Waals surface area contributed by atoms with Crippen LogP contribution in [-0.4, -0.2) is 0 Å². The van der Waals surface area contributed by atoms with Gasteiger partial charge in [-0.15, -0.1) is 0 Å². The number of hydrogen-bond acceptors (Lipinski definition) is 2. The van der Waals surface area contributed by atoms with Crippen LogP contribution in [0, 0.1) is 0 Å². The molecule has 4 aliphatic rings. The average Bonchev–Trinajstić information content (AvgIpc) is 3.84. The Morgan fingerprint density at radius 1 is 0.266 bits per heavy atom. The molecule has 2 nitrogen and oxygen atoms in total. The molecule has 0 spiro atoms. The van der Waals surface area contributed by atoms with Crippen LogP contribution in [-0.2, 0) is 10.8 Å². The Balaban J connectivity index is 0.938. The smallest absolute Gasteiger partial charge is 0.0540 e. The number of anilines is 6. The molecule has 302 valence electrons. The SMILES string of the molecule is CC1(C)c2ccccc2N(c2ccc3c4c(cccc24)-c2ccccc2-3)c2ccc(-c3ccc4c(c3)C(C)(C)c3ccccc3N4c3ccc4c5c(cccc35)-c3ccccc3-4)cc21. The lowest BCUT2D eigenvalue weighted by Crippen LogP contribution is -2.31. The third-order valence-corrected chi connectivity index (χ3v) is 15.3. The Labute approximate surface area is 374 Å². The zero-order valence-corrected chi connectivity index (χ0v) is 36.4. The van der Waals surface area contributed by atoms with Crippen LogP contribution in [0.1, 0.15) is 49.9 Å². The summed E-state index contributed by atoms with van der Waals surface area (Å²) < 4.78 is 0. The fourth-order valence-corrected chi connectivity index (χ4v) is 12.3. The van der Waals surface area contributed by atoms with Gasteiger partial charge in [0.15, 0.2) is 0 Å². The summed E-state index contributed by atoms with van der Waals surface area (Å²) in [6, 6.07) is 73.3. The van der Waals surface area contributed by atoms with Crippen LogP contribution in [0.2, 0.25) is 0 Å². The van der Waals surface area contributed by atoms with Gasteiger partial charge in [-0.25, -0.2) is 0 Å². The van der Waals surface area contributed by atoms with E-state index >= 15 is 0 Å². The molecule has 2 heteroatoms. The molecule has 14 rings (SSSR count). The Morgan fingerprint density at radius 3 is 1.02 bits per heavy atom. The van der Waals surface area contributed by atoms with Crippen LogP contribution in [0.3, 0.4) is 0 Å². The summed E-state index contributed by atoms with van der Waals surface area (Å²) in [5.41, 5.74) is 25.3. The zero-order chi connectivity index (χ0) is 42.6. The van der Waals surface area contributed by atoms with Gasteiger partial charge in [-0.3, -0.25) is 0 Å². The van der Waals surface area contributed by atoms with Crippen molar-refractivity contribution in [1.29, 1.82) is 0 Å². The number of hydrogen-bond donors (Lipinski definition) is 0. The quantitative estimate of drug-likeness (QED) is 0.175. The highest BCUT2D eigenvalue weighted by Crippen LogP contribution is 2.59. The molecule has 0 atom stereocenters. The minimum atomic E-state index is -0.234. The highest BCUT2D eigenvalue weighted by Gasteiger charge is 2.40. The van der Waals surface area contributed by atoms with E-state index < -0.39 is 0 Å². The van der Waals surface area contributed by atoms with E-state index in [1.165, 1.54) is 134 Å². The molecule has 0 amide bonds. The van der Waals surface area contributed by atoms with E-state index in [0.29, 0.717) is 0 Å². The molecule has 0 aromatic heterocycles. The molecule has 0 bridgehead atoms. The van der Waals surface area contributed by atoms with E-state index in [0.717, 1.165) is 0 Å². The maximum Gasteiger partial charge on any atom is 0.0540 e. The number of nitrogens with zero attached hydrogens (tertiary/aromatic N) is 2. The van der Waals surface area contributed by atoms with Crippen molar-refractivity contribution >= 4 is 55.7 Å². The summed E-state index contributed by atoms with van der Waals surface area (Å²) in [6.07, 6.45) is 0. The Bertz CT molecular complexity index is 3400. The van der Waals surface area contributed by atoms with Gasteiger partial charge in [-0.05, 0) is 137 Å². The molecule has 0 radical (unpaired) electrons. The van der Waals surface area contributed by atoms with Crippen molar-refractivity contribution in [3.8, 4) is 55.6 Å². The van der Waals surface area contributed by atoms with Crippen LogP contribution in [0.4, 0.5) is 34.1 Å². The molecule has 10 aromatic carbocycles. The van der Waals surface area contributed by atoms with Crippen molar-refractivity contribution in [2.75, 3.05) is 9.80 Å². The second-order valence-corrected chi connectivity index (χ2v) is 19.2. The number of fused-ring (bicyclic) bond motifs is 10. The normalized spacial score (nSPS) is 15.1. The zero-order valence-electron chi connectivity index (χ0n) is 36.4. The molecule has 0 fully saturated rings. The molecule has 64 heavy (non-hydrogen) atoms. The number of para-hydroxylation sites is 2. The monoisotopic (exact) mass is 816 g/mol. The van der Waals surface area contributed by atoms with Gasteiger partial charge in [0.1, 0.15) is 0 Å². The highest BCUT2D eigenvalue weighted by molar-refractivity contribution is 6.21. The van der Waals surface area contributed by atoms with Crippen molar-refractivity contribution in [2.45, 2.75) is 38.5 Å². The molecule has 0 unspecified atom stereocenters. The standard InChI is InChI=1S/C62H44N2/c1-61(2)49-23-9-11-25-55(49)63(53-33-29-45-41-17-7-5-15-39(41)43-19-13-21-47(53)59(43)45)57-31-27-37(35-51(57)61)38-28-32-58-52(36-38)62(3,4)50-24-10-12-26-56(50)64(58)54-34-30-46-42-18-8-6-16-40(42)44-20-14-22-48(54)60(44)46/h5-36H,1-4H3. The predicted octanol–water partition coefficient (Wildman–Crippen LogP) is 17.2. The van der Waals surface area contributed by atoms with Crippen LogP contribution in [0.15, 0.2) is 194 Å². The van der Waals surface area contributed by atoms with Crippen molar-refractivity contribution in [1.82, 2.24) is 0 Å². The van der Waals surface area contributed by atoms with Crippen LogP contribution in [0.25, 0.3) is 77.2 Å². The Morgan fingerprint density at radius 2 is 0.594 bits per heavy atom. The van der Waals surface area contributed by atoms with Crippen molar-refractivity contribution in [2.24, 2.45) is 0 Å². The first-order valence-corrected chi connectivity index (χ1v) is 22.7. The lowest BCUT2D eigenvalue weighted by atomic mass is 9.71. The minimum Gasteiger partial charge on any atom is -0.309 e. The lowest BCUT2D eigenvalue weighted by molar-refractivity contribution is 0.631. The second-order valence-electron chi connectivity index (χ2n) is 19.2. The number of rotatable bonds is 3. The Hall–Kier alpha value is -7.68. The molecule has 2 aliphatic heterocycles. The largest absolute Gasteiger partial charge is 0.309 e. The van der Waals surface area contributed by atoms with Gasteiger partial charge >= 0.3 is 0 Å². The minimum absolute atomic E-state index is 0.234. The first kappa shape index (κ1) is 35.9. The third-order valence-electron chi connectivity index (χ3n) is 15.3. The van der Waals surface area contributed by atoms with E-state index in [1.807, 2.05) is 0 Å². The van der Waals surface area contributed by atoms with Gasteiger partial charge in [-0.2, -0.15) is 0 Å². The molecule has 2 heterocycles. The number of benzene rings is 10. The molecule has 2 aliphatic carbocycles. The topological polar surface area (TPSA) is 6.48 Å². The maximum absolute atomic E-state index is 2.53. The van der Waals surface area contributed by atoms with Crippen LogP contribution >= 0.6 is 0 Å². The maximum atomic E-state index is 2.53. The van der Waals surface area contributed by atoms with Gasteiger partial charge in [0, 0.05) is 21.6 Å². The van der Waals surface area contributed by atoms with Gasteiger partial charge < -0.3 is 9.80 Å². The fourth-order valence-electron chi connectivity index (χ4n) is 12.3. The second kappa shape index (κ2) is 12.5. The van der Waals surface area contributed by atoms with Crippen molar-refractivity contribution in [3.05, 3.63) is 216 Å². The summed E-state index contributed by atoms with van der Waals surface area (Å²) in [6.45, 7) is 9.60. The lowest BCUT2D eigenvalue weighted by Gasteiger charge is -2.43. The van der Waals surface area contributed by atoms with E-state index in [1.54, 1.807) is 0 Å². The summed E-state index contributed by atoms with van der Waals surface area (Å²) in [7, 11) is 0. The summed E-state index contributed by atoms with van der Waals surface area (Å²) in [5.74, 6) is 0. The first-order valence-electron chi connectivity index (χ1n) is 22.7. The van der Waals surface area contributed by atoms with Gasteiger partial charge in [-0.1, -0.05) is 173 Å². The van der Waals surface area contributed by atoms with Gasteiger partial charge in [0.25, 0.3) is 0 Å². The molecular formula is C62H44N2. The molecule has 0 saturated carbocycles. The third kappa shape index (κ3) is 4.55. The molecular weight excluding hydrogens is 773 g/mol. The predicted molar refractivity (Wildman–Crippen MR) is 269 cm³/mol. The van der Waals surface area contributed by atoms with E-state index in [9.17, 15) is 0 Å². The first-order chi connectivity index (χ1) is 31.3. The van der Waals surface area contributed by atoms with Gasteiger partial charge in [0.2, 0.25) is 0 Å². The van der Waals surface area contributed by atoms with Crippen LogP contribution in [0.5, 0.6) is 0 Å². The van der Waals surface area contributed by atoms with E-state index in [-0.39, 0.29) is 10.8 Å².